The number of oxazole rings is 1. The van der Waals surface area contributed by atoms with Crippen LogP contribution in [0, 0.1) is 17.2 Å². The Morgan fingerprint density at radius 3 is 2.42 bits per heavy atom. The van der Waals surface area contributed by atoms with Gasteiger partial charge in [0.15, 0.2) is 0 Å². The van der Waals surface area contributed by atoms with E-state index in [-0.39, 0.29) is 17.5 Å². The summed E-state index contributed by atoms with van der Waals surface area (Å²) in [4.78, 5) is 23.9. The first-order valence-corrected chi connectivity index (χ1v) is 16.2. The van der Waals surface area contributed by atoms with Gasteiger partial charge in [0, 0.05) is 36.2 Å². The third kappa shape index (κ3) is 6.23. The molecular weight excluding hydrogens is 583 g/mol. The molecule has 0 unspecified atom stereocenters. The van der Waals surface area contributed by atoms with Gasteiger partial charge in [-0.1, -0.05) is 31.0 Å². The molecule has 2 aromatic heterocycles. The average Bonchev–Trinajstić information content (AvgIpc) is 3.63. The maximum atomic E-state index is 13.5. The number of anilines is 1. The summed E-state index contributed by atoms with van der Waals surface area (Å²) in [6, 6.07) is 13.2. The van der Waals surface area contributed by atoms with Crippen LogP contribution in [-0.4, -0.2) is 55.1 Å². The van der Waals surface area contributed by atoms with Crippen molar-refractivity contribution < 1.29 is 31.5 Å². The van der Waals surface area contributed by atoms with Crippen molar-refractivity contribution in [2.24, 2.45) is 5.92 Å². The largest absolute Gasteiger partial charge is 0.439 e. The fourth-order valence-corrected chi connectivity index (χ4v) is 7.13. The van der Waals surface area contributed by atoms with Crippen LogP contribution >= 0.6 is 10.6 Å². The lowest BCUT2D eigenvalue weighted by atomic mass is 9.76. The quantitative estimate of drug-likeness (QED) is 0.288. The van der Waals surface area contributed by atoms with E-state index in [4.69, 9.17) is 4.42 Å². The molecule has 3 N–H and O–H groups in total. The number of benzene rings is 1. The maximum absolute atomic E-state index is 13.5. The molecule has 1 aliphatic heterocycles. The van der Waals surface area contributed by atoms with Gasteiger partial charge in [-0.25, -0.2) is 9.97 Å². The number of carbonyl (C=O) groups is 1. The Labute approximate surface area is 248 Å². The Hall–Kier alpha value is -3.60. The first-order valence-electron chi connectivity index (χ1n) is 14.3. The third-order valence-electron chi connectivity index (χ3n) is 8.56. The van der Waals surface area contributed by atoms with Crippen LogP contribution in [0.2, 0.25) is 0 Å². The summed E-state index contributed by atoms with van der Waals surface area (Å²) in [5.41, 5.74) is 0.0414. The van der Waals surface area contributed by atoms with Gasteiger partial charge in [0.25, 0.3) is 0 Å². The normalized spacial score (nSPS) is 23.7. The molecule has 228 valence electrons. The summed E-state index contributed by atoms with van der Waals surface area (Å²) >= 11 is 0. The zero-order valence-electron chi connectivity index (χ0n) is 23.3. The van der Waals surface area contributed by atoms with Crippen molar-refractivity contribution in [2.45, 2.75) is 56.2 Å². The Morgan fingerprint density at radius 2 is 1.77 bits per heavy atom. The molecule has 1 saturated heterocycles. The van der Waals surface area contributed by atoms with E-state index in [0.717, 1.165) is 24.6 Å². The predicted octanol–water partition coefficient (Wildman–Crippen LogP) is 6.44. The molecule has 3 aliphatic rings. The van der Waals surface area contributed by atoms with Crippen molar-refractivity contribution in [2.75, 3.05) is 29.5 Å². The number of nitriles is 1. The highest BCUT2D eigenvalue weighted by Gasteiger charge is 2.47. The Balaban J connectivity index is 1.37. The van der Waals surface area contributed by atoms with Crippen molar-refractivity contribution in [1.29, 1.82) is 5.26 Å². The number of hydrogen-bond donors (Lipinski definition) is 3. The Morgan fingerprint density at radius 1 is 1.07 bits per heavy atom. The number of nitrogens with zero attached hydrogens (tertiary/aromatic N) is 4. The second-order valence-corrected chi connectivity index (χ2v) is 14.0. The van der Waals surface area contributed by atoms with E-state index in [1.807, 2.05) is 24.3 Å². The molecule has 3 fully saturated rings. The maximum Gasteiger partial charge on any atom is 0.433 e. The number of nitrogens with one attached hydrogen (secondary N) is 1. The van der Waals surface area contributed by atoms with Crippen molar-refractivity contribution in [3.05, 3.63) is 53.9 Å². The van der Waals surface area contributed by atoms with Crippen molar-refractivity contribution in [3.8, 4) is 28.9 Å². The third-order valence-corrected chi connectivity index (χ3v) is 10.2. The minimum Gasteiger partial charge on any atom is -0.439 e. The lowest BCUT2D eigenvalue weighted by Crippen LogP contribution is -2.42. The van der Waals surface area contributed by atoms with Crippen molar-refractivity contribution in [1.82, 2.24) is 15.3 Å². The monoisotopic (exact) mass is 615 g/mol. The van der Waals surface area contributed by atoms with E-state index >= 15 is 0 Å². The zero-order chi connectivity index (χ0) is 30.4. The van der Waals surface area contributed by atoms with Crippen LogP contribution in [0.4, 0.5) is 18.9 Å². The number of aromatic nitrogens is 2. The van der Waals surface area contributed by atoms with Gasteiger partial charge < -0.3 is 14.6 Å². The molecule has 2 aliphatic carbocycles. The van der Waals surface area contributed by atoms with Gasteiger partial charge in [0.05, 0.1) is 17.6 Å². The van der Waals surface area contributed by atoms with Gasteiger partial charge >= 0.3 is 6.18 Å². The molecule has 1 aromatic carbocycles. The number of rotatable bonds is 6. The number of carbonyl (C=O) groups excluding carboxylic acids is 1. The number of amides is 1. The van der Waals surface area contributed by atoms with Crippen molar-refractivity contribution >= 4 is 22.2 Å². The zero-order valence-corrected chi connectivity index (χ0v) is 24.1. The van der Waals surface area contributed by atoms with Gasteiger partial charge in [0.2, 0.25) is 11.8 Å². The lowest BCUT2D eigenvalue weighted by molar-refractivity contribution is -0.141. The van der Waals surface area contributed by atoms with Crippen LogP contribution in [-0.2, 0) is 11.0 Å². The van der Waals surface area contributed by atoms with E-state index in [1.54, 1.807) is 0 Å². The molecule has 1 amide bonds. The van der Waals surface area contributed by atoms with Crippen LogP contribution in [0.5, 0.6) is 0 Å². The minimum atomic E-state index is -4.64. The van der Waals surface area contributed by atoms with E-state index < -0.39 is 39.8 Å². The summed E-state index contributed by atoms with van der Waals surface area (Å²) in [5.74, 6) is -0.159. The fourth-order valence-electron chi connectivity index (χ4n) is 5.90. The molecule has 6 rings (SSSR count). The lowest BCUT2D eigenvalue weighted by Gasteiger charge is -2.41. The smallest absolute Gasteiger partial charge is 0.433 e. The van der Waals surface area contributed by atoms with E-state index in [1.165, 1.54) is 12.1 Å². The molecule has 3 aromatic rings. The second-order valence-electron chi connectivity index (χ2n) is 11.6. The van der Waals surface area contributed by atoms with E-state index in [9.17, 15) is 32.3 Å². The minimum absolute atomic E-state index is 0.0653. The summed E-state index contributed by atoms with van der Waals surface area (Å²) in [5, 5.41) is 12.4. The molecule has 2 atom stereocenters. The highest BCUT2D eigenvalue weighted by atomic mass is 32.3. The fraction of sp³-hybridized carbons (Fsp3) is 0.467. The molecule has 0 spiro atoms. The van der Waals surface area contributed by atoms with Gasteiger partial charge in [-0.15, -0.1) is 0 Å². The predicted molar refractivity (Wildman–Crippen MR) is 155 cm³/mol. The number of halogens is 3. The molecule has 43 heavy (non-hydrogen) atoms. The summed E-state index contributed by atoms with van der Waals surface area (Å²) in [6.07, 6.45) is -0.563. The highest BCUT2D eigenvalue weighted by Crippen LogP contribution is 2.46. The summed E-state index contributed by atoms with van der Waals surface area (Å²) < 4.78 is 66.5. The number of hydrogen-bond acceptors (Lipinski definition) is 8. The summed E-state index contributed by atoms with van der Waals surface area (Å²) in [6.45, 7) is 1.01. The molecular formula is C30H32F3N5O4S. The Kier molecular flexibility index (Phi) is 7.64. The van der Waals surface area contributed by atoms with Crippen LogP contribution in [0.3, 0.4) is 0 Å². The standard InChI is InChI=1S/C30H32F3N5O4S/c31-30(32,33)24-7-3-6-23(35-24)28-36-25(19-8-10-20(11-9-19)38-14-16-43(40,41)17-15-38)26(42-28)21-4-1-2-5-22(21)27(39)37-29(18-34)12-13-29/h3,6-11,21-22,40-41H,1-2,4-5,12-17H2,(H,37,39)/t21-,22-/m1/s1. The number of pyridine rings is 1. The molecule has 13 heteroatoms. The first-order chi connectivity index (χ1) is 20.5. The van der Waals surface area contributed by atoms with Crippen LogP contribution in [0.1, 0.15) is 55.9 Å². The van der Waals surface area contributed by atoms with Crippen LogP contribution in [0.15, 0.2) is 46.9 Å². The second kappa shape index (κ2) is 11.2. The van der Waals surface area contributed by atoms with Crippen molar-refractivity contribution in [3.63, 3.8) is 0 Å². The van der Waals surface area contributed by atoms with Gasteiger partial charge in [-0.3, -0.25) is 13.9 Å². The average molecular weight is 616 g/mol. The topological polar surface area (TPSA) is 136 Å². The van der Waals surface area contributed by atoms with Gasteiger partial charge in [-0.05, 0) is 49.9 Å². The SMILES string of the molecule is N#CC1(NC(=O)[C@@H]2CCCC[C@H]2c2oc(-c3cccc(C(F)(F)F)n3)nc2-c2ccc(N3CCS(O)(O)CC3)cc2)CC1. The first kappa shape index (κ1) is 29.5. The highest BCUT2D eigenvalue weighted by molar-refractivity contribution is 8.24. The van der Waals surface area contributed by atoms with E-state index in [2.05, 4.69) is 26.3 Å². The molecule has 9 nitrogen and oxygen atoms in total. The van der Waals surface area contributed by atoms with Gasteiger partial charge in [0.1, 0.15) is 28.4 Å². The molecule has 0 bridgehead atoms. The van der Waals surface area contributed by atoms with Gasteiger partial charge in [-0.2, -0.15) is 29.0 Å². The van der Waals surface area contributed by atoms with E-state index in [0.29, 0.717) is 67.3 Å². The molecule has 3 heterocycles. The molecule has 0 radical (unpaired) electrons. The Bertz CT molecular complexity index is 1540. The number of alkyl halides is 3. The van der Waals surface area contributed by atoms with Crippen LogP contribution in [0.25, 0.3) is 22.8 Å². The summed E-state index contributed by atoms with van der Waals surface area (Å²) in [7, 11) is -2.54. The molecule has 2 saturated carbocycles. The van der Waals surface area contributed by atoms with Crippen LogP contribution < -0.4 is 10.2 Å².